The van der Waals surface area contributed by atoms with Crippen LogP contribution in [0.3, 0.4) is 0 Å². The number of nitrogens with one attached hydrogen (secondary N) is 1. The van der Waals surface area contributed by atoms with Gasteiger partial charge < -0.3 is 24.4 Å². The highest BCUT2D eigenvalue weighted by Crippen LogP contribution is 2.46. The van der Waals surface area contributed by atoms with Crippen LogP contribution in [0.4, 0.5) is 14.9 Å². The maximum Gasteiger partial charge on any atom is 0.410 e. The van der Waals surface area contributed by atoms with Crippen LogP contribution in [0.5, 0.6) is 0 Å². The number of likely N-dealkylation sites (tertiary alicyclic amines) is 1. The number of fused-ring (bicyclic) bond motifs is 4. The van der Waals surface area contributed by atoms with Crippen molar-refractivity contribution in [1.82, 2.24) is 9.80 Å². The fourth-order valence-electron chi connectivity index (χ4n) is 6.29. The first-order valence-corrected chi connectivity index (χ1v) is 14.0. The Bertz CT molecular complexity index is 888. The normalized spacial score (nSPS) is 28.2. The maximum absolute atomic E-state index is 13.9. The lowest BCUT2D eigenvalue weighted by molar-refractivity contribution is 0.0239. The minimum absolute atomic E-state index is 0.0776. The molecule has 3 saturated heterocycles. The number of carbonyl (C=O) groups is 1. The van der Waals surface area contributed by atoms with Crippen LogP contribution >= 0.6 is 0 Å². The third-order valence-corrected chi connectivity index (χ3v) is 7.90. The average Bonchev–Trinajstić information content (AvgIpc) is 3.26. The van der Waals surface area contributed by atoms with E-state index >= 15 is 0 Å². The molecule has 190 valence electrons. The van der Waals surface area contributed by atoms with Crippen molar-refractivity contribution in [2.75, 3.05) is 37.8 Å². The molecule has 4 aliphatic rings. The molecular formula is C25H38FN3O4S. The van der Waals surface area contributed by atoms with Gasteiger partial charge in [0.1, 0.15) is 16.9 Å². The number of anilines is 1. The smallest absolute Gasteiger partial charge is 0.410 e. The summed E-state index contributed by atoms with van der Waals surface area (Å²) >= 11 is -1.61. The summed E-state index contributed by atoms with van der Waals surface area (Å²) in [4.78, 5) is 17.3. The molecule has 4 heterocycles. The molecule has 5 rings (SSSR count). The van der Waals surface area contributed by atoms with Gasteiger partial charge in [0.2, 0.25) is 0 Å². The van der Waals surface area contributed by atoms with E-state index in [0.29, 0.717) is 30.7 Å². The van der Waals surface area contributed by atoms with E-state index in [2.05, 4.69) is 24.1 Å². The second-order valence-electron chi connectivity index (χ2n) is 10.7. The van der Waals surface area contributed by atoms with Crippen molar-refractivity contribution in [3.05, 3.63) is 29.6 Å². The van der Waals surface area contributed by atoms with Crippen molar-refractivity contribution in [1.29, 1.82) is 0 Å². The summed E-state index contributed by atoms with van der Waals surface area (Å²) in [6, 6.07) is 6.38. The Hall–Kier alpha value is -1.71. The third-order valence-electron chi connectivity index (χ3n) is 7.90. The van der Waals surface area contributed by atoms with Gasteiger partial charge in [-0.15, -0.1) is 0 Å². The zero-order chi connectivity index (χ0) is 24.5. The molecule has 3 fully saturated rings. The van der Waals surface area contributed by atoms with Crippen LogP contribution in [0.2, 0.25) is 0 Å². The van der Waals surface area contributed by atoms with E-state index in [1.807, 2.05) is 11.0 Å². The fraction of sp³-hybridized carbons (Fsp3) is 0.720. The van der Waals surface area contributed by atoms with Crippen LogP contribution in [0, 0.1) is 11.7 Å². The van der Waals surface area contributed by atoms with Crippen molar-refractivity contribution in [2.45, 2.75) is 75.9 Å². The molecule has 7 nitrogen and oxygen atoms in total. The largest absolute Gasteiger partial charge is 0.449 e. The minimum atomic E-state index is -1.61. The minimum Gasteiger partial charge on any atom is -0.449 e. The Kier molecular flexibility index (Phi) is 7.84. The Morgan fingerprint density at radius 1 is 1.24 bits per heavy atom. The van der Waals surface area contributed by atoms with Crippen molar-refractivity contribution < 1.29 is 22.7 Å². The van der Waals surface area contributed by atoms with Gasteiger partial charge in [-0.25, -0.2) is 13.4 Å². The molecule has 2 N–H and O–H groups in total. The predicted octanol–water partition coefficient (Wildman–Crippen LogP) is 4.21. The van der Waals surface area contributed by atoms with Gasteiger partial charge in [0.05, 0.1) is 6.61 Å². The summed E-state index contributed by atoms with van der Waals surface area (Å²) < 4.78 is 36.1. The molecule has 0 aliphatic carbocycles. The van der Waals surface area contributed by atoms with Crippen LogP contribution < -0.4 is 5.32 Å². The first kappa shape index (κ1) is 25.4. The zero-order valence-corrected chi connectivity index (χ0v) is 21.3. The molecule has 9 heteroatoms. The molecule has 1 spiro atoms. The van der Waals surface area contributed by atoms with Gasteiger partial charge in [-0.05, 0) is 81.3 Å². The van der Waals surface area contributed by atoms with Crippen LogP contribution in [-0.2, 0) is 21.2 Å². The van der Waals surface area contributed by atoms with Crippen molar-refractivity contribution >= 4 is 22.9 Å². The lowest BCUT2D eigenvalue weighted by Gasteiger charge is -2.47. The van der Waals surface area contributed by atoms with Crippen molar-refractivity contribution in [3.63, 3.8) is 0 Å². The van der Waals surface area contributed by atoms with Crippen molar-refractivity contribution in [2.24, 2.45) is 5.92 Å². The third kappa shape index (κ3) is 5.41. The summed E-state index contributed by atoms with van der Waals surface area (Å²) in [6.45, 7) is 7.68. The monoisotopic (exact) mass is 495 g/mol. The highest BCUT2D eigenvalue weighted by molar-refractivity contribution is 7.78. The van der Waals surface area contributed by atoms with Gasteiger partial charge in [-0.2, -0.15) is 0 Å². The van der Waals surface area contributed by atoms with Gasteiger partial charge in [0.25, 0.3) is 0 Å². The van der Waals surface area contributed by atoms with E-state index in [9.17, 15) is 9.18 Å². The Labute approximate surface area is 204 Å². The van der Waals surface area contributed by atoms with E-state index in [1.165, 1.54) is 11.8 Å². The number of hydrogen-bond acceptors (Lipinski definition) is 5. The van der Waals surface area contributed by atoms with Crippen LogP contribution in [-0.4, -0.2) is 75.3 Å². The number of nitrogens with zero attached hydrogens (tertiary/aromatic N) is 2. The van der Waals surface area contributed by atoms with Gasteiger partial charge in [-0.3, -0.25) is 0 Å². The number of amides is 1. The average molecular weight is 496 g/mol. The first-order valence-electron chi connectivity index (χ1n) is 12.4. The van der Waals surface area contributed by atoms with Gasteiger partial charge in [0.15, 0.2) is 0 Å². The summed E-state index contributed by atoms with van der Waals surface area (Å²) in [6.07, 6.45) is 7.56. The number of hydrogen-bond donors (Lipinski definition) is 2. The van der Waals surface area contributed by atoms with Gasteiger partial charge in [-0.1, -0.05) is 13.8 Å². The Morgan fingerprint density at radius 3 is 2.44 bits per heavy atom. The molecule has 1 amide bonds. The number of rotatable bonds is 3. The topological polar surface area (TPSA) is 82.1 Å². The zero-order valence-electron chi connectivity index (χ0n) is 20.5. The predicted molar refractivity (Wildman–Crippen MR) is 132 cm³/mol. The molecule has 0 saturated carbocycles. The summed E-state index contributed by atoms with van der Waals surface area (Å²) in [7, 11) is 0. The van der Waals surface area contributed by atoms with E-state index in [4.69, 9.17) is 13.5 Å². The van der Waals surface area contributed by atoms with E-state index in [0.717, 1.165) is 63.8 Å². The summed E-state index contributed by atoms with van der Waals surface area (Å²) in [5.41, 5.74) is 2.36. The molecule has 2 bridgehead atoms. The number of carbonyl (C=O) groups excluding carboxylic acids is 1. The van der Waals surface area contributed by atoms with Crippen LogP contribution in [0.1, 0.15) is 57.9 Å². The number of ether oxygens (including phenoxy) is 1. The van der Waals surface area contributed by atoms with E-state index < -0.39 is 11.1 Å². The van der Waals surface area contributed by atoms with Gasteiger partial charge >= 0.3 is 6.09 Å². The van der Waals surface area contributed by atoms with Crippen LogP contribution in [0.15, 0.2) is 18.2 Å². The molecule has 4 aliphatic heterocycles. The Balaban J connectivity index is 0.000000636. The number of halogens is 1. The molecule has 3 unspecified atom stereocenters. The van der Waals surface area contributed by atoms with Crippen molar-refractivity contribution in [3.8, 4) is 0 Å². The van der Waals surface area contributed by atoms with E-state index in [1.54, 1.807) is 12.1 Å². The van der Waals surface area contributed by atoms with Crippen LogP contribution in [0.25, 0.3) is 0 Å². The highest BCUT2D eigenvalue weighted by Gasteiger charge is 2.48. The second-order valence-corrected chi connectivity index (χ2v) is 11.5. The molecule has 1 aromatic carbocycles. The molecule has 3 atom stereocenters. The van der Waals surface area contributed by atoms with E-state index in [-0.39, 0.29) is 17.3 Å². The quantitative estimate of drug-likeness (QED) is 0.612. The lowest BCUT2D eigenvalue weighted by atomic mass is 9.73. The molecule has 0 aromatic heterocycles. The molecule has 0 radical (unpaired) electrons. The fourth-order valence-corrected chi connectivity index (χ4v) is 6.29. The first-order chi connectivity index (χ1) is 16.2. The summed E-state index contributed by atoms with van der Waals surface area (Å²) in [5, 5.41) is 3.50. The van der Waals surface area contributed by atoms with Gasteiger partial charge in [0, 0.05) is 42.0 Å². The molecule has 1 aromatic rings. The second kappa shape index (κ2) is 10.5. The lowest BCUT2D eigenvalue weighted by Crippen LogP contribution is -2.55. The maximum atomic E-state index is 13.9. The highest BCUT2D eigenvalue weighted by atomic mass is 32.2. The summed E-state index contributed by atoms with van der Waals surface area (Å²) in [5.74, 6) is 0.237. The molecular weight excluding hydrogens is 457 g/mol. The number of benzene rings is 1. The standard InChI is InChI=1S/C24H34FN3O2.CH4O2S/c1-16(2)14-30-23(29)28-18-4-5-19(28)13-20(12-18)27-9-7-24(8-10-27)15-26-22-6-3-17(25)11-21(22)24;1-4(2)3/h3,6,11,16,18-20,26H,4-5,7-10,12-15H2,1-2H3;1H3,(H,2,3). The number of piperidine rings is 2. The molecule has 34 heavy (non-hydrogen) atoms. The SMILES string of the molecule is CC(C)COC(=O)N1C2CCC1CC(N1CCC3(CC1)CNc1ccc(F)cc13)C2.CS(=O)O. The Morgan fingerprint density at radius 2 is 1.85 bits per heavy atom.